The summed E-state index contributed by atoms with van der Waals surface area (Å²) >= 11 is 1.61. The molecule has 0 bridgehead atoms. The van der Waals surface area contributed by atoms with Crippen molar-refractivity contribution in [2.75, 3.05) is 10.6 Å². The molecule has 0 fully saturated rings. The SMILES string of the molecule is NC(=O)c1ncc(NC(CCc2cccs2)C(N)=O)nc1Nc1cnc2cccnc2c1. The lowest BCUT2D eigenvalue weighted by Crippen LogP contribution is -2.36. The highest BCUT2D eigenvalue weighted by atomic mass is 32.1. The number of anilines is 3. The lowest BCUT2D eigenvalue weighted by atomic mass is 10.1. The molecule has 2 amide bonds. The molecule has 0 saturated carbocycles. The second-order valence-electron chi connectivity index (χ2n) is 6.92. The zero-order valence-corrected chi connectivity index (χ0v) is 17.7. The number of pyridine rings is 2. The van der Waals surface area contributed by atoms with Gasteiger partial charge in [0.1, 0.15) is 11.9 Å². The molecule has 6 N–H and O–H groups in total. The number of hydrogen-bond acceptors (Lipinski definition) is 9. The fourth-order valence-corrected chi connectivity index (χ4v) is 3.81. The molecule has 32 heavy (non-hydrogen) atoms. The maximum Gasteiger partial charge on any atom is 0.271 e. The molecule has 1 atom stereocenters. The highest BCUT2D eigenvalue weighted by molar-refractivity contribution is 7.09. The van der Waals surface area contributed by atoms with Crippen LogP contribution in [0.1, 0.15) is 21.8 Å². The van der Waals surface area contributed by atoms with Crippen molar-refractivity contribution in [2.24, 2.45) is 11.5 Å². The number of carbonyl (C=O) groups is 2. The van der Waals surface area contributed by atoms with Gasteiger partial charge in [0.2, 0.25) is 5.91 Å². The van der Waals surface area contributed by atoms with Crippen molar-refractivity contribution in [3.05, 3.63) is 64.9 Å². The molecular formula is C21H20N8O2S. The van der Waals surface area contributed by atoms with Crippen molar-refractivity contribution >= 4 is 51.5 Å². The van der Waals surface area contributed by atoms with Crippen LogP contribution in [-0.2, 0) is 11.2 Å². The van der Waals surface area contributed by atoms with E-state index in [9.17, 15) is 9.59 Å². The predicted molar refractivity (Wildman–Crippen MR) is 123 cm³/mol. The Morgan fingerprint density at radius 3 is 2.69 bits per heavy atom. The van der Waals surface area contributed by atoms with E-state index in [1.807, 2.05) is 23.6 Å². The Bertz CT molecular complexity index is 1260. The Labute approximate surface area is 187 Å². The van der Waals surface area contributed by atoms with Gasteiger partial charge in [-0.3, -0.25) is 19.6 Å². The maximum atomic E-state index is 11.9. The second kappa shape index (κ2) is 9.35. The third kappa shape index (κ3) is 4.95. The van der Waals surface area contributed by atoms with Gasteiger partial charge in [-0.1, -0.05) is 6.07 Å². The number of thiophene rings is 1. The molecule has 0 spiro atoms. The van der Waals surface area contributed by atoms with Crippen LogP contribution >= 0.6 is 11.3 Å². The van der Waals surface area contributed by atoms with Crippen LogP contribution in [0, 0.1) is 0 Å². The van der Waals surface area contributed by atoms with Crippen LogP contribution in [0.2, 0.25) is 0 Å². The van der Waals surface area contributed by atoms with Gasteiger partial charge in [0.05, 0.1) is 29.1 Å². The highest BCUT2D eigenvalue weighted by Crippen LogP contribution is 2.22. The predicted octanol–water partition coefficient (Wildman–Crippen LogP) is 2.22. The Hall–Kier alpha value is -4.12. The lowest BCUT2D eigenvalue weighted by Gasteiger charge is -2.17. The van der Waals surface area contributed by atoms with Gasteiger partial charge in [-0.2, -0.15) is 0 Å². The van der Waals surface area contributed by atoms with Crippen molar-refractivity contribution < 1.29 is 9.59 Å². The fourth-order valence-electron chi connectivity index (χ4n) is 3.09. The summed E-state index contributed by atoms with van der Waals surface area (Å²) in [5.74, 6) is -0.857. The number of nitrogens with zero attached hydrogens (tertiary/aromatic N) is 4. The molecule has 162 valence electrons. The summed E-state index contributed by atoms with van der Waals surface area (Å²) in [6, 6.07) is 8.69. The Balaban J connectivity index is 1.57. The molecule has 0 aliphatic carbocycles. The van der Waals surface area contributed by atoms with Gasteiger partial charge in [0.25, 0.3) is 5.91 Å². The van der Waals surface area contributed by atoms with Crippen molar-refractivity contribution in [2.45, 2.75) is 18.9 Å². The van der Waals surface area contributed by atoms with Crippen LogP contribution < -0.4 is 22.1 Å². The van der Waals surface area contributed by atoms with Crippen molar-refractivity contribution in [1.29, 1.82) is 0 Å². The molecule has 4 heterocycles. The van der Waals surface area contributed by atoms with Crippen LogP contribution in [0.5, 0.6) is 0 Å². The van der Waals surface area contributed by atoms with E-state index < -0.39 is 17.9 Å². The van der Waals surface area contributed by atoms with E-state index >= 15 is 0 Å². The Morgan fingerprint density at radius 2 is 1.94 bits per heavy atom. The first-order valence-corrected chi connectivity index (χ1v) is 10.6. The molecular weight excluding hydrogens is 428 g/mol. The van der Waals surface area contributed by atoms with Crippen LogP contribution in [0.4, 0.5) is 17.3 Å². The number of carbonyl (C=O) groups excluding carboxylic acids is 2. The number of nitrogens with one attached hydrogen (secondary N) is 2. The van der Waals surface area contributed by atoms with E-state index in [1.165, 1.54) is 6.20 Å². The van der Waals surface area contributed by atoms with E-state index in [0.717, 1.165) is 10.4 Å². The van der Waals surface area contributed by atoms with E-state index in [4.69, 9.17) is 11.5 Å². The van der Waals surface area contributed by atoms with Crippen molar-refractivity contribution in [3.63, 3.8) is 0 Å². The van der Waals surface area contributed by atoms with Crippen molar-refractivity contribution in [3.8, 4) is 0 Å². The minimum absolute atomic E-state index is 0.0501. The van der Waals surface area contributed by atoms with Crippen LogP contribution in [0.15, 0.2) is 54.3 Å². The van der Waals surface area contributed by atoms with Gasteiger partial charge in [-0.25, -0.2) is 9.97 Å². The summed E-state index contributed by atoms with van der Waals surface area (Å²) in [5, 5.41) is 7.99. The molecule has 0 aliphatic rings. The van der Waals surface area contributed by atoms with Gasteiger partial charge in [0, 0.05) is 11.1 Å². The number of nitrogens with two attached hydrogens (primary N) is 2. The van der Waals surface area contributed by atoms with Crippen LogP contribution in [0.25, 0.3) is 11.0 Å². The van der Waals surface area contributed by atoms with E-state index in [-0.39, 0.29) is 17.3 Å². The summed E-state index contributed by atoms with van der Waals surface area (Å²) in [7, 11) is 0. The number of aryl methyl sites for hydroxylation is 1. The quantitative estimate of drug-likeness (QED) is 0.303. The standard InChI is InChI=1S/C21H20N8O2S/c22-19(30)15(6-5-13-3-2-8-32-13)28-17-11-26-18(20(23)31)21(29-17)27-12-9-16-14(25-10-12)4-1-7-24-16/h1-4,7-11,15H,5-6H2,(H2,22,30)(H2,23,31)(H2,27,28,29). The zero-order valence-electron chi connectivity index (χ0n) is 16.9. The van der Waals surface area contributed by atoms with Gasteiger partial charge in [-0.15, -0.1) is 11.3 Å². The number of rotatable bonds is 9. The average Bonchev–Trinajstić information content (AvgIpc) is 3.30. The molecule has 1 unspecified atom stereocenters. The molecule has 0 aliphatic heterocycles. The molecule has 10 nitrogen and oxygen atoms in total. The maximum absolute atomic E-state index is 11.9. The first kappa shape index (κ1) is 21.1. The van der Waals surface area contributed by atoms with Crippen molar-refractivity contribution in [1.82, 2.24) is 19.9 Å². The molecule has 0 aromatic carbocycles. The second-order valence-corrected chi connectivity index (χ2v) is 7.96. The number of aromatic nitrogens is 4. The lowest BCUT2D eigenvalue weighted by molar-refractivity contribution is -0.118. The first-order chi connectivity index (χ1) is 15.5. The highest BCUT2D eigenvalue weighted by Gasteiger charge is 2.19. The largest absolute Gasteiger partial charge is 0.368 e. The van der Waals surface area contributed by atoms with Gasteiger partial charge in [0.15, 0.2) is 11.5 Å². The van der Waals surface area contributed by atoms with E-state index in [2.05, 4.69) is 30.6 Å². The normalized spacial score (nSPS) is 11.8. The number of amides is 2. The minimum Gasteiger partial charge on any atom is -0.368 e. The molecule has 0 saturated heterocycles. The number of primary amides is 2. The molecule has 0 radical (unpaired) electrons. The molecule has 4 aromatic heterocycles. The molecule has 4 aromatic rings. The van der Waals surface area contributed by atoms with Crippen LogP contribution in [0.3, 0.4) is 0 Å². The Kier molecular flexibility index (Phi) is 6.17. The number of hydrogen-bond donors (Lipinski definition) is 4. The van der Waals surface area contributed by atoms with Crippen LogP contribution in [-0.4, -0.2) is 37.8 Å². The summed E-state index contributed by atoms with van der Waals surface area (Å²) in [4.78, 5) is 42.1. The topological polar surface area (TPSA) is 162 Å². The van der Waals surface area contributed by atoms with E-state index in [0.29, 0.717) is 24.0 Å². The van der Waals surface area contributed by atoms with Gasteiger partial charge >= 0.3 is 0 Å². The summed E-state index contributed by atoms with van der Waals surface area (Å²) in [5.41, 5.74) is 12.9. The summed E-state index contributed by atoms with van der Waals surface area (Å²) in [6.07, 6.45) is 5.76. The summed E-state index contributed by atoms with van der Waals surface area (Å²) in [6.45, 7) is 0. The fraction of sp³-hybridized carbons (Fsp3) is 0.143. The first-order valence-electron chi connectivity index (χ1n) is 9.72. The monoisotopic (exact) mass is 448 g/mol. The van der Waals surface area contributed by atoms with Gasteiger partial charge < -0.3 is 22.1 Å². The number of fused-ring (bicyclic) bond motifs is 1. The third-order valence-electron chi connectivity index (χ3n) is 4.64. The Morgan fingerprint density at radius 1 is 1.06 bits per heavy atom. The summed E-state index contributed by atoms with van der Waals surface area (Å²) < 4.78 is 0. The average molecular weight is 449 g/mol. The van der Waals surface area contributed by atoms with Gasteiger partial charge in [-0.05, 0) is 42.5 Å². The molecule has 11 heteroatoms. The smallest absolute Gasteiger partial charge is 0.271 e. The zero-order chi connectivity index (χ0) is 22.5. The van der Waals surface area contributed by atoms with E-state index in [1.54, 1.807) is 35.9 Å². The molecule has 4 rings (SSSR count). The third-order valence-corrected chi connectivity index (χ3v) is 5.58. The minimum atomic E-state index is -0.748.